The minimum Gasteiger partial charge on any atom is -0.476 e. The second kappa shape index (κ2) is 11.5. The summed E-state index contributed by atoms with van der Waals surface area (Å²) < 4.78 is 67.1. The van der Waals surface area contributed by atoms with Gasteiger partial charge >= 0.3 is 11.8 Å². The van der Waals surface area contributed by atoms with E-state index in [4.69, 9.17) is 31.0 Å². The highest BCUT2D eigenvalue weighted by molar-refractivity contribution is 7.56. The first-order valence-electron chi connectivity index (χ1n) is 12.8. The van der Waals surface area contributed by atoms with Crippen LogP contribution in [0.5, 0.6) is 5.88 Å². The summed E-state index contributed by atoms with van der Waals surface area (Å²) in [7, 11) is -3.91. The highest BCUT2D eigenvalue weighted by Gasteiger charge is 2.75. The third-order valence-corrected chi connectivity index (χ3v) is 8.19. The van der Waals surface area contributed by atoms with Crippen molar-refractivity contribution in [3.63, 3.8) is 0 Å². The van der Waals surface area contributed by atoms with Gasteiger partial charge in [0.25, 0.3) is 26.2 Å². The highest BCUT2D eigenvalue weighted by Crippen LogP contribution is 2.51. The summed E-state index contributed by atoms with van der Waals surface area (Å²) >= 11 is 0. The summed E-state index contributed by atoms with van der Waals surface area (Å²) in [4.78, 5) is 27.5. The third-order valence-electron chi connectivity index (χ3n) is 6.71. The quantitative estimate of drug-likeness (QED) is 0.210. The lowest BCUT2D eigenvalue weighted by Crippen LogP contribution is -2.47. The van der Waals surface area contributed by atoms with Gasteiger partial charge in [-0.2, -0.15) is 9.97 Å². The summed E-state index contributed by atoms with van der Waals surface area (Å²) in [5.41, 5.74) is 5.67. The van der Waals surface area contributed by atoms with Crippen LogP contribution in [0.25, 0.3) is 16.0 Å². The van der Waals surface area contributed by atoms with E-state index in [1.54, 1.807) is 6.92 Å². The van der Waals surface area contributed by atoms with Gasteiger partial charge in [0.2, 0.25) is 17.9 Å². The molecule has 0 aromatic carbocycles. The van der Waals surface area contributed by atoms with Crippen LogP contribution < -0.4 is 15.6 Å². The number of ether oxygens (including phenoxy) is 3. The van der Waals surface area contributed by atoms with Gasteiger partial charge in [-0.25, -0.2) is 14.5 Å². The third kappa shape index (κ3) is 5.89. The number of imidazole rings is 1. The number of nitrogens with one attached hydrogen (secondary N) is 1. The molecule has 2 aliphatic rings. The number of fused-ring (bicyclic) bond motifs is 1. The van der Waals surface area contributed by atoms with Gasteiger partial charge in [-0.15, -0.1) is 4.39 Å². The predicted molar refractivity (Wildman–Crippen MR) is 138 cm³/mol. The van der Waals surface area contributed by atoms with Crippen LogP contribution >= 0.6 is 7.52 Å². The van der Waals surface area contributed by atoms with Crippen molar-refractivity contribution in [1.29, 1.82) is 0 Å². The van der Waals surface area contributed by atoms with Crippen LogP contribution in [0.1, 0.15) is 52.2 Å². The molecule has 2 fully saturated rings. The fraction of sp³-hybridized carbons (Fsp3) is 0.696. The molecule has 1 saturated heterocycles. The maximum atomic E-state index is 15.9. The molecular formula is C23H33F2N7O7P+. The van der Waals surface area contributed by atoms with Crippen LogP contribution in [0, 0.1) is 6.57 Å². The zero-order valence-electron chi connectivity index (χ0n) is 22.3. The number of halogens is 2. The molecule has 1 unspecified atom stereocenters. The van der Waals surface area contributed by atoms with Crippen molar-refractivity contribution in [3.8, 4) is 12.5 Å². The van der Waals surface area contributed by atoms with Crippen LogP contribution in [0.3, 0.4) is 0 Å². The molecule has 1 aliphatic carbocycles. The number of nitrogens with two attached hydrogens (primary N) is 1. The first-order valence-corrected chi connectivity index (χ1v) is 14.9. The lowest BCUT2D eigenvalue weighted by molar-refractivity contribution is -0.202. The first-order chi connectivity index (χ1) is 18.8. The van der Waals surface area contributed by atoms with Gasteiger partial charge in [-0.1, -0.05) is 6.42 Å². The number of nitrogens with zero attached hydrogens (tertiary/aromatic N) is 5. The summed E-state index contributed by atoms with van der Waals surface area (Å²) in [5, 5.41) is 13.1. The minimum absolute atomic E-state index is 0.0135. The number of aliphatic hydroxyl groups excluding tert-OH is 1. The van der Waals surface area contributed by atoms with Crippen molar-refractivity contribution in [1.82, 2.24) is 24.6 Å². The van der Waals surface area contributed by atoms with Gasteiger partial charge in [-0.05, 0) is 44.4 Å². The van der Waals surface area contributed by atoms with Gasteiger partial charge in [0.15, 0.2) is 11.2 Å². The van der Waals surface area contributed by atoms with Crippen molar-refractivity contribution in [3.05, 3.63) is 11.2 Å². The molecule has 3 heterocycles. The predicted octanol–water partition coefficient (Wildman–Crippen LogP) is 2.68. The number of rotatable bonds is 10. The minimum atomic E-state index is -3.91. The molecule has 40 heavy (non-hydrogen) atoms. The number of hydrogen-bond acceptors (Lipinski definition) is 11. The summed E-state index contributed by atoms with van der Waals surface area (Å²) in [6.45, 7) is 8.44. The molecule has 0 amide bonds. The van der Waals surface area contributed by atoms with Crippen LogP contribution in [-0.4, -0.2) is 80.4 Å². The molecule has 0 bridgehead atoms. The zero-order chi connectivity index (χ0) is 29.3. The van der Waals surface area contributed by atoms with E-state index in [0.717, 1.165) is 49.7 Å². The van der Waals surface area contributed by atoms with Crippen molar-refractivity contribution in [2.24, 2.45) is 0 Å². The largest absolute Gasteiger partial charge is 0.493 e. The molecule has 2 aromatic heterocycles. The molecule has 220 valence electrons. The Morgan fingerprint density at radius 1 is 1.40 bits per heavy atom. The number of aromatic nitrogens is 4. The van der Waals surface area contributed by atoms with Crippen LogP contribution in [0.15, 0.2) is 6.33 Å². The first kappa shape index (κ1) is 30.0. The average molecular weight is 589 g/mol. The normalized spacial score (nSPS) is 29.5. The zero-order valence-corrected chi connectivity index (χ0v) is 23.2. The van der Waals surface area contributed by atoms with Gasteiger partial charge < -0.3 is 29.6 Å². The molecule has 2 aromatic rings. The van der Waals surface area contributed by atoms with Gasteiger partial charge in [0.05, 0.1) is 12.9 Å². The molecule has 4 N–H and O–H groups in total. The Morgan fingerprint density at radius 2 is 2.10 bits per heavy atom. The lowest BCUT2D eigenvalue weighted by atomic mass is 9.98. The Hall–Kier alpha value is -2.96. The Balaban J connectivity index is 1.49. The number of carbonyl (C=O) groups excluding carboxylic acids is 1. The highest BCUT2D eigenvalue weighted by atomic mass is 31.2. The van der Waals surface area contributed by atoms with Crippen molar-refractivity contribution in [2.75, 3.05) is 25.6 Å². The molecular weight excluding hydrogens is 555 g/mol. The molecule has 1 saturated carbocycles. The standard InChI is InChI=1S/C23H33F2N7O7P/c1-5-36-17-15-16(29-21(26)30-17)32(12-28-15)20-23(25,27-3)19(34)22(24,39-20)11-37-40(4,35)31-13(2)18(33)38-14-9-7-6-8-10-14/h3,12-14,19-20,34H,5-11H2,1-2,4H3,(H,31,35)(H2,26,29,30)/q+1/t13-,19+,20+,22+,23-,40?/m0/s1. The smallest absolute Gasteiger partial charge is 0.476 e. The van der Waals surface area contributed by atoms with Gasteiger partial charge in [0, 0.05) is 6.66 Å². The molecule has 0 spiro atoms. The van der Waals surface area contributed by atoms with Crippen molar-refractivity contribution >= 4 is 30.6 Å². The van der Waals surface area contributed by atoms with Crippen LogP contribution in [0.4, 0.5) is 14.7 Å². The number of esters is 1. The number of alkyl halides is 2. The number of aliphatic hydroxyl groups is 1. The van der Waals surface area contributed by atoms with Crippen LogP contribution in [-0.2, 0) is 23.4 Å². The van der Waals surface area contributed by atoms with Crippen molar-refractivity contribution < 1.29 is 42.0 Å². The van der Waals surface area contributed by atoms with E-state index in [1.165, 1.54) is 6.92 Å². The maximum absolute atomic E-state index is 15.9. The Labute approximate surface area is 228 Å². The number of nitrogen functional groups attached to an aromatic ring is 1. The molecule has 4 rings (SSSR count). The average Bonchev–Trinajstić information content (AvgIpc) is 3.41. The monoisotopic (exact) mass is 588 g/mol. The topological polar surface area (TPSA) is 177 Å². The molecule has 1 aliphatic heterocycles. The molecule has 6 atom stereocenters. The van der Waals surface area contributed by atoms with Gasteiger partial charge in [-0.3, -0.25) is 13.9 Å². The summed E-state index contributed by atoms with van der Waals surface area (Å²) in [5.74, 6) is -7.47. The van der Waals surface area contributed by atoms with E-state index in [-0.39, 0.29) is 35.7 Å². The number of hydrogen-bond donors (Lipinski definition) is 3. The molecule has 0 radical (unpaired) electrons. The van der Waals surface area contributed by atoms with E-state index in [2.05, 4.69) is 24.9 Å². The molecule has 17 heteroatoms. The Kier molecular flexibility index (Phi) is 8.63. The second-order valence-electron chi connectivity index (χ2n) is 9.83. The summed E-state index contributed by atoms with van der Waals surface area (Å²) in [6, 6.07) is -1.06. The fourth-order valence-electron chi connectivity index (χ4n) is 4.69. The maximum Gasteiger partial charge on any atom is 0.493 e. The van der Waals surface area contributed by atoms with Gasteiger partial charge in [0.1, 0.15) is 18.8 Å². The Bertz CT molecular complexity index is 1340. The fourth-order valence-corrected chi connectivity index (χ4v) is 5.99. The van der Waals surface area contributed by atoms with Crippen LogP contribution in [0.2, 0.25) is 0 Å². The van der Waals surface area contributed by atoms with E-state index >= 15 is 8.78 Å². The van der Waals surface area contributed by atoms with E-state index < -0.39 is 50.1 Å². The van der Waals surface area contributed by atoms with E-state index in [1.807, 2.05) is 0 Å². The van der Waals surface area contributed by atoms with Crippen molar-refractivity contribution in [2.45, 2.75) is 82.1 Å². The number of carbonyl (C=O) groups is 1. The van der Waals surface area contributed by atoms with E-state index in [9.17, 15) is 14.5 Å². The van der Waals surface area contributed by atoms with E-state index in [0.29, 0.717) is 0 Å². The molecule has 14 nitrogen and oxygen atoms in total. The number of anilines is 1. The second-order valence-corrected chi connectivity index (χ2v) is 12.0. The summed E-state index contributed by atoms with van der Waals surface area (Å²) in [6.07, 6.45) is 0.605. The lowest BCUT2D eigenvalue weighted by Gasteiger charge is -2.27. The SMILES string of the molecule is C#[N+][C@]1(F)[C@H](n2cnc3c(OCC)nc(N)nc32)O[C@](F)(COP(C)(=O)N[C@@H](C)C(=O)OC2CCCCC2)[C@H]1O. The Morgan fingerprint density at radius 3 is 2.75 bits per heavy atom.